The Hall–Kier alpha value is -4.70. The number of aromatic carboxylic acids is 1. The molecule has 0 unspecified atom stereocenters. The van der Waals surface area contributed by atoms with Gasteiger partial charge in [-0.05, 0) is 54.4 Å². The van der Waals surface area contributed by atoms with Crippen LogP contribution in [0, 0.1) is 24.4 Å². The summed E-state index contributed by atoms with van der Waals surface area (Å²) in [6.45, 7) is 2.36. The third-order valence-electron chi connectivity index (χ3n) is 6.63. The molecule has 0 saturated heterocycles. The molecule has 2 aromatic heterocycles. The van der Waals surface area contributed by atoms with Crippen molar-refractivity contribution in [1.82, 2.24) is 14.5 Å². The SMILES string of the molecule is COCCn1c(Cc2ccc(-c3cccc(OCc4ccc(C)cc4F)n3)c(F)c2)nc2c(F)cc(C(=O)O)cc21. The molecule has 5 rings (SSSR count). The van der Waals surface area contributed by atoms with E-state index in [1.807, 2.05) is 0 Å². The number of pyridine rings is 1. The summed E-state index contributed by atoms with van der Waals surface area (Å²) in [5, 5.41) is 9.36. The van der Waals surface area contributed by atoms with Crippen molar-refractivity contribution in [3.8, 4) is 17.1 Å². The number of aryl methyl sites for hydroxylation is 1. The minimum absolute atomic E-state index is 0.0252. The van der Waals surface area contributed by atoms with Crippen molar-refractivity contribution in [3.05, 3.63) is 112 Å². The van der Waals surface area contributed by atoms with Crippen LogP contribution in [0.25, 0.3) is 22.3 Å². The number of benzene rings is 3. The summed E-state index contributed by atoms with van der Waals surface area (Å²) >= 11 is 0. The quantitative estimate of drug-likeness (QED) is 0.214. The van der Waals surface area contributed by atoms with Crippen molar-refractivity contribution >= 4 is 17.0 Å². The molecule has 5 aromatic rings. The van der Waals surface area contributed by atoms with Crippen LogP contribution in [0.15, 0.2) is 66.7 Å². The summed E-state index contributed by atoms with van der Waals surface area (Å²) in [6, 6.07) is 16.7. The first kappa shape index (κ1) is 27.9. The summed E-state index contributed by atoms with van der Waals surface area (Å²) in [5.74, 6) is -2.26. The van der Waals surface area contributed by atoms with E-state index >= 15 is 4.39 Å². The zero-order chi connectivity index (χ0) is 29.1. The third kappa shape index (κ3) is 6.07. The largest absolute Gasteiger partial charge is 0.478 e. The minimum atomic E-state index is -1.25. The molecular formula is C31H26F3N3O4. The van der Waals surface area contributed by atoms with Gasteiger partial charge in [-0.15, -0.1) is 0 Å². The molecular weight excluding hydrogens is 535 g/mol. The molecule has 0 bridgehead atoms. The highest BCUT2D eigenvalue weighted by Crippen LogP contribution is 2.27. The number of carboxylic acid groups (broad SMARTS) is 1. The topological polar surface area (TPSA) is 86.5 Å². The average Bonchev–Trinajstić information content (AvgIpc) is 3.29. The molecule has 0 aliphatic heterocycles. The Morgan fingerprint density at radius 1 is 0.951 bits per heavy atom. The maximum Gasteiger partial charge on any atom is 0.335 e. The van der Waals surface area contributed by atoms with Crippen molar-refractivity contribution < 1.29 is 32.5 Å². The number of nitrogens with zero attached hydrogens (tertiary/aromatic N) is 3. The lowest BCUT2D eigenvalue weighted by molar-refractivity contribution is 0.0696. The van der Waals surface area contributed by atoms with E-state index in [4.69, 9.17) is 9.47 Å². The molecule has 0 fully saturated rings. The van der Waals surface area contributed by atoms with Gasteiger partial charge in [0.1, 0.15) is 29.6 Å². The zero-order valence-electron chi connectivity index (χ0n) is 22.3. The number of aromatic nitrogens is 3. The van der Waals surface area contributed by atoms with Gasteiger partial charge in [0.05, 0.1) is 23.4 Å². The van der Waals surface area contributed by atoms with Gasteiger partial charge in [0.25, 0.3) is 0 Å². The second-order valence-electron chi connectivity index (χ2n) is 9.54. The van der Waals surface area contributed by atoms with Gasteiger partial charge in [-0.1, -0.05) is 24.3 Å². The molecule has 0 radical (unpaired) electrons. The van der Waals surface area contributed by atoms with Gasteiger partial charge in [0.15, 0.2) is 5.82 Å². The van der Waals surface area contributed by atoms with E-state index in [0.29, 0.717) is 34.7 Å². The molecule has 41 heavy (non-hydrogen) atoms. The van der Waals surface area contributed by atoms with Gasteiger partial charge >= 0.3 is 5.97 Å². The van der Waals surface area contributed by atoms with Crippen LogP contribution >= 0.6 is 0 Å². The number of hydrogen-bond donors (Lipinski definition) is 1. The van der Waals surface area contributed by atoms with Crippen LogP contribution < -0.4 is 4.74 Å². The van der Waals surface area contributed by atoms with Gasteiger partial charge in [-0.25, -0.2) is 27.9 Å². The Morgan fingerprint density at radius 3 is 2.51 bits per heavy atom. The Morgan fingerprint density at radius 2 is 1.78 bits per heavy atom. The summed E-state index contributed by atoms with van der Waals surface area (Å²) in [4.78, 5) is 20.2. The molecule has 210 valence electrons. The fourth-order valence-electron chi connectivity index (χ4n) is 4.55. The van der Waals surface area contributed by atoms with Crippen molar-refractivity contribution in [2.45, 2.75) is 26.5 Å². The zero-order valence-corrected chi connectivity index (χ0v) is 22.3. The number of imidazole rings is 1. The van der Waals surface area contributed by atoms with E-state index in [-0.39, 0.29) is 48.0 Å². The first-order valence-corrected chi connectivity index (χ1v) is 12.8. The lowest BCUT2D eigenvalue weighted by Crippen LogP contribution is -2.09. The number of fused-ring (bicyclic) bond motifs is 1. The van der Waals surface area contributed by atoms with Crippen LogP contribution in [-0.4, -0.2) is 39.3 Å². The number of carbonyl (C=O) groups is 1. The number of halogens is 3. The van der Waals surface area contributed by atoms with Gasteiger partial charge in [-0.2, -0.15) is 0 Å². The predicted octanol–water partition coefficient (Wildman–Crippen LogP) is 6.34. The summed E-state index contributed by atoms with van der Waals surface area (Å²) in [6.07, 6.45) is 0.163. The van der Waals surface area contributed by atoms with Crippen molar-refractivity contribution in [3.63, 3.8) is 0 Å². The highest BCUT2D eigenvalue weighted by atomic mass is 19.1. The van der Waals surface area contributed by atoms with Gasteiger partial charge in [-0.3, -0.25) is 0 Å². The summed E-state index contributed by atoms with van der Waals surface area (Å²) in [5.41, 5.74) is 2.49. The van der Waals surface area contributed by atoms with E-state index in [2.05, 4.69) is 9.97 Å². The van der Waals surface area contributed by atoms with Crippen LogP contribution in [-0.2, 0) is 24.3 Å². The summed E-state index contributed by atoms with van der Waals surface area (Å²) in [7, 11) is 1.52. The van der Waals surface area contributed by atoms with Gasteiger partial charge in [0.2, 0.25) is 5.88 Å². The normalized spacial score (nSPS) is 11.2. The molecule has 7 nitrogen and oxygen atoms in total. The van der Waals surface area contributed by atoms with E-state index in [9.17, 15) is 18.7 Å². The Labute approximate surface area is 233 Å². The number of methoxy groups -OCH3 is 1. The highest BCUT2D eigenvalue weighted by molar-refractivity contribution is 5.92. The number of carboxylic acids is 1. The second-order valence-corrected chi connectivity index (χ2v) is 9.54. The fourth-order valence-corrected chi connectivity index (χ4v) is 4.55. The molecule has 0 amide bonds. The van der Waals surface area contributed by atoms with E-state index in [1.165, 1.54) is 25.3 Å². The van der Waals surface area contributed by atoms with Crippen LogP contribution in [0.5, 0.6) is 5.88 Å². The van der Waals surface area contributed by atoms with E-state index in [0.717, 1.165) is 11.6 Å². The number of hydrogen-bond acceptors (Lipinski definition) is 5. The molecule has 3 aromatic carbocycles. The van der Waals surface area contributed by atoms with E-state index in [1.54, 1.807) is 54.0 Å². The standard InChI is InChI=1S/C31H26F3N3O4/c1-18-6-8-20(23(32)12-18)17-41-29-5-3-4-26(35-29)22-9-7-19(13-24(22)33)14-28-36-30-25(34)15-21(31(38)39)16-27(30)37(28)10-11-40-2/h3-9,12-13,15-16H,10-11,14,17H2,1-2H3,(H,38,39). The Balaban J connectivity index is 1.39. The minimum Gasteiger partial charge on any atom is -0.478 e. The monoisotopic (exact) mass is 561 g/mol. The molecule has 0 spiro atoms. The van der Waals surface area contributed by atoms with Crippen molar-refractivity contribution in [1.29, 1.82) is 0 Å². The maximum absolute atomic E-state index is 15.3. The van der Waals surface area contributed by atoms with Gasteiger partial charge in [0, 0.05) is 37.3 Å². The molecule has 0 aliphatic rings. The third-order valence-corrected chi connectivity index (χ3v) is 6.63. The Bertz CT molecular complexity index is 1750. The van der Waals surface area contributed by atoms with Crippen molar-refractivity contribution in [2.75, 3.05) is 13.7 Å². The average molecular weight is 562 g/mol. The molecule has 10 heteroatoms. The number of ether oxygens (including phenoxy) is 2. The molecule has 2 heterocycles. The van der Waals surface area contributed by atoms with Crippen molar-refractivity contribution in [2.24, 2.45) is 0 Å². The maximum atomic E-state index is 15.3. The molecule has 0 atom stereocenters. The van der Waals surface area contributed by atoms with E-state index < -0.39 is 17.6 Å². The first-order valence-electron chi connectivity index (χ1n) is 12.8. The lowest BCUT2D eigenvalue weighted by Gasteiger charge is -2.11. The number of rotatable bonds is 10. The second kappa shape index (κ2) is 11.8. The Kier molecular flexibility index (Phi) is 8.02. The highest BCUT2D eigenvalue weighted by Gasteiger charge is 2.19. The first-order chi connectivity index (χ1) is 19.7. The fraction of sp³-hybridized carbons (Fsp3) is 0.194. The van der Waals surface area contributed by atoms with Gasteiger partial charge < -0.3 is 19.1 Å². The predicted molar refractivity (Wildman–Crippen MR) is 146 cm³/mol. The summed E-state index contributed by atoms with van der Waals surface area (Å²) < 4.78 is 56.7. The van der Waals surface area contributed by atoms with Crippen LogP contribution in [0.2, 0.25) is 0 Å². The molecule has 0 saturated carbocycles. The van der Waals surface area contributed by atoms with Crippen LogP contribution in [0.1, 0.15) is 32.9 Å². The smallest absolute Gasteiger partial charge is 0.335 e. The lowest BCUT2D eigenvalue weighted by atomic mass is 10.1. The van der Waals surface area contributed by atoms with Crippen LogP contribution in [0.3, 0.4) is 0 Å². The molecule has 0 aliphatic carbocycles. The van der Waals surface area contributed by atoms with Crippen LogP contribution in [0.4, 0.5) is 13.2 Å². The molecule has 1 N–H and O–H groups in total.